The van der Waals surface area contributed by atoms with Crippen LogP contribution in [0.25, 0.3) is 0 Å². The Morgan fingerprint density at radius 1 is 1.15 bits per heavy atom. The quantitative estimate of drug-likeness (QED) is 0.672. The van der Waals surface area contributed by atoms with Crippen molar-refractivity contribution >= 4 is 21.4 Å². The van der Waals surface area contributed by atoms with E-state index in [1.54, 1.807) is 11.3 Å². The van der Waals surface area contributed by atoms with Crippen LogP contribution in [0, 0.1) is 20.8 Å². The van der Waals surface area contributed by atoms with Crippen molar-refractivity contribution in [2.45, 2.75) is 32.6 Å². The van der Waals surface area contributed by atoms with Gasteiger partial charge in [0.15, 0.2) is 0 Å². The van der Waals surface area contributed by atoms with Crippen LogP contribution in [-0.2, 0) is 15.8 Å². The number of nitrogens with zero attached hydrogens (tertiary/aromatic N) is 2. The Bertz CT molecular complexity index is 976. The van der Waals surface area contributed by atoms with Crippen molar-refractivity contribution in [2.24, 2.45) is 0 Å². The van der Waals surface area contributed by atoms with Gasteiger partial charge in [-0.2, -0.15) is 5.10 Å². The zero-order valence-corrected chi connectivity index (χ0v) is 16.8. The van der Waals surface area contributed by atoms with Gasteiger partial charge in [-0.25, -0.2) is 13.1 Å². The molecule has 0 aliphatic carbocycles. The van der Waals surface area contributed by atoms with Gasteiger partial charge in [0.25, 0.3) is 0 Å². The van der Waals surface area contributed by atoms with E-state index >= 15 is 0 Å². The summed E-state index contributed by atoms with van der Waals surface area (Å²) in [6.45, 7) is 6.16. The van der Waals surface area contributed by atoms with Crippen LogP contribution in [0.1, 0.15) is 33.4 Å². The Balaban J connectivity index is 1.78. The van der Waals surface area contributed by atoms with Crippen molar-refractivity contribution in [1.82, 2.24) is 14.5 Å². The van der Waals surface area contributed by atoms with E-state index in [1.807, 2.05) is 73.3 Å². The highest BCUT2D eigenvalue weighted by Crippen LogP contribution is 2.24. The molecule has 0 aliphatic heterocycles. The third-order valence-corrected chi connectivity index (χ3v) is 6.44. The summed E-state index contributed by atoms with van der Waals surface area (Å²) in [6, 6.07) is 13.4. The van der Waals surface area contributed by atoms with Gasteiger partial charge in [-0.15, -0.1) is 11.3 Å². The molecule has 0 saturated heterocycles. The van der Waals surface area contributed by atoms with Crippen LogP contribution >= 0.6 is 11.3 Å². The summed E-state index contributed by atoms with van der Waals surface area (Å²) in [5.74, 6) is -0.0248. The lowest BCUT2D eigenvalue weighted by Crippen LogP contribution is -2.32. The van der Waals surface area contributed by atoms with Gasteiger partial charge in [-0.1, -0.05) is 35.9 Å². The summed E-state index contributed by atoms with van der Waals surface area (Å²) in [7, 11) is -3.44. The van der Waals surface area contributed by atoms with Gasteiger partial charge in [0.05, 0.1) is 17.5 Å². The Morgan fingerprint density at radius 2 is 1.96 bits per heavy atom. The van der Waals surface area contributed by atoms with E-state index in [0.29, 0.717) is 0 Å². The predicted octanol–water partition coefficient (Wildman–Crippen LogP) is 3.58. The summed E-state index contributed by atoms with van der Waals surface area (Å²) < 4.78 is 29.8. The second-order valence-corrected chi connectivity index (χ2v) is 9.29. The zero-order valence-electron chi connectivity index (χ0n) is 15.1. The van der Waals surface area contributed by atoms with Crippen LogP contribution in [0.15, 0.2) is 47.8 Å². The SMILES string of the molecule is Cc1cccc(CS(=O)(=O)NCC(c2cccs2)n2nc(C)cc2C)c1. The average Bonchev–Trinajstić information content (AvgIpc) is 3.18. The van der Waals surface area contributed by atoms with E-state index in [0.717, 1.165) is 27.4 Å². The molecular formula is C19H23N3O2S2. The van der Waals surface area contributed by atoms with Gasteiger partial charge in [0, 0.05) is 17.1 Å². The van der Waals surface area contributed by atoms with E-state index in [9.17, 15) is 8.42 Å². The summed E-state index contributed by atoms with van der Waals surface area (Å²) in [5.41, 5.74) is 3.78. The number of thiophene rings is 1. The smallest absolute Gasteiger partial charge is 0.215 e. The minimum atomic E-state index is -3.44. The lowest BCUT2D eigenvalue weighted by atomic mass is 10.2. The van der Waals surface area contributed by atoms with Gasteiger partial charge < -0.3 is 0 Å². The molecule has 0 amide bonds. The van der Waals surface area contributed by atoms with Gasteiger partial charge in [-0.05, 0) is 43.8 Å². The van der Waals surface area contributed by atoms with Crippen molar-refractivity contribution in [3.63, 3.8) is 0 Å². The van der Waals surface area contributed by atoms with Crippen molar-refractivity contribution in [3.8, 4) is 0 Å². The molecule has 3 aromatic rings. The fourth-order valence-corrected chi connectivity index (χ4v) is 4.97. The first-order valence-electron chi connectivity index (χ1n) is 8.43. The maximum absolute atomic E-state index is 12.6. The Hall–Kier alpha value is -1.96. The molecule has 26 heavy (non-hydrogen) atoms. The van der Waals surface area contributed by atoms with Crippen molar-refractivity contribution in [2.75, 3.05) is 6.54 Å². The number of hydrogen-bond donors (Lipinski definition) is 1. The molecule has 2 heterocycles. The van der Waals surface area contributed by atoms with Crippen molar-refractivity contribution < 1.29 is 8.42 Å². The molecule has 1 N–H and O–H groups in total. The maximum Gasteiger partial charge on any atom is 0.215 e. The molecule has 0 saturated carbocycles. The van der Waals surface area contributed by atoms with E-state index in [4.69, 9.17) is 0 Å². The molecule has 1 atom stereocenters. The molecule has 1 aromatic carbocycles. The van der Waals surface area contributed by atoms with E-state index in [-0.39, 0.29) is 18.3 Å². The number of aromatic nitrogens is 2. The van der Waals surface area contributed by atoms with Crippen LogP contribution in [0.3, 0.4) is 0 Å². The Labute approximate surface area is 158 Å². The van der Waals surface area contributed by atoms with Crippen LogP contribution < -0.4 is 4.72 Å². The molecule has 0 radical (unpaired) electrons. The third-order valence-electron chi connectivity index (χ3n) is 4.15. The molecule has 0 spiro atoms. The molecule has 0 aliphatic rings. The highest BCUT2D eigenvalue weighted by molar-refractivity contribution is 7.88. The molecule has 3 rings (SSSR count). The lowest BCUT2D eigenvalue weighted by Gasteiger charge is -2.19. The van der Waals surface area contributed by atoms with Crippen LogP contribution in [0.4, 0.5) is 0 Å². The number of aryl methyl sites for hydroxylation is 3. The molecule has 138 valence electrons. The van der Waals surface area contributed by atoms with Crippen molar-refractivity contribution in [3.05, 3.63) is 75.2 Å². The average molecular weight is 390 g/mol. The number of nitrogens with one attached hydrogen (secondary N) is 1. The second-order valence-electron chi connectivity index (χ2n) is 6.50. The van der Waals surface area contributed by atoms with Gasteiger partial charge in [-0.3, -0.25) is 4.68 Å². The third kappa shape index (κ3) is 4.60. The van der Waals surface area contributed by atoms with Gasteiger partial charge in [0.1, 0.15) is 0 Å². The minimum absolute atomic E-state index is 0.0248. The first kappa shape index (κ1) is 18.8. The minimum Gasteiger partial charge on any atom is -0.260 e. The Morgan fingerprint density at radius 3 is 2.58 bits per heavy atom. The summed E-state index contributed by atoms with van der Waals surface area (Å²) >= 11 is 1.60. The lowest BCUT2D eigenvalue weighted by molar-refractivity contribution is 0.499. The number of benzene rings is 1. The molecule has 0 fully saturated rings. The molecule has 0 bridgehead atoms. The van der Waals surface area contributed by atoms with E-state index < -0.39 is 10.0 Å². The van der Waals surface area contributed by atoms with Crippen molar-refractivity contribution in [1.29, 1.82) is 0 Å². The zero-order chi connectivity index (χ0) is 18.7. The van der Waals surface area contributed by atoms with Gasteiger partial charge >= 0.3 is 0 Å². The normalized spacial score (nSPS) is 13.0. The number of sulfonamides is 1. The molecule has 5 nitrogen and oxygen atoms in total. The van der Waals surface area contributed by atoms with E-state index in [1.165, 1.54) is 0 Å². The number of rotatable bonds is 7. The maximum atomic E-state index is 12.6. The van der Waals surface area contributed by atoms with Crippen LogP contribution in [0.2, 0.25) is 0 Å². The van der Waals surface area contributed by atoms with Crippen LogP contribution in [-0.4, -0.2) is 24.7 Å². The standard InChI is InChI=1S/C19H23N3O2S2/c1-14-6-4-7-17(10-14)13-26(23,24)20-12-18(19-8-5-9-25-19)22-16(3)11-15(2)21-22/h4-11,18,20H,12-13H2,1-3H3. The molecule has 2 aromatic heterocycles. The highest BCUT2D eigenvalue weighted by atomic mass is 32.2. The van der Waals surface area contributed by atoms with E-state index in [2.05, 4.69) is 9.82 Å². The van der Waals surface area contributed by atoms with Gasteiger partial charge in [0.2, 0.25) is 10.0 Å². The largest absolute Gasteiger partial charge is 0.260 e. The molecule has 1 unspecified atom stereocenters. The summed E-state index contributed by atoms with van der Waals surface area (Å²) in [4.78, 5) is 1.08. The second kappa shape index (κ2) is 7.73. The first-order chi connectivity index (χ1) is 12.3. The molecular weight excluding hydrogens is 366 g/mol. The fourth-order valence-electron chi connectivity index (χ4n) is 3.03. The Kier molecular flexibility index (Phi) is 5.60. The highest BCUT2D eigenvalue weighted by Gasteiger charge is 2.21. The predicted molar refractivity (Wildman–Crippen MR) is 106 cm³/mol. The monoisotopic (exact) mass is 389 g/mol. The summed E-state index contributed by atoms with van der Waals surface area (Å²) in [6.07, 6.45) is 0. The van der Waals surface area contributed by atoms with Crippen LogP contribution in [0.5, 0.6) is 0 Å². The summed E-state index contributed by atoms with van der Waals surface area (Å²) in [5, 5.41) is 6.55. The number of hydrogen-bond acceptors (Lipinski definition) is 4. The molecule has 7 heteroatoms. The topological polar surface area (TPSA) is 64.0 Å². The first-order valence-corrected chi connectivity index (χ1v) is 11.0. The fraction of sp³-hybridized carbons (Fsp3) is 0.316.